The highest BCUT2D eigenvalue weighted by molar-refractivity contribution is 6.07. The smallest absolute Gasteiger partial charge is 0.147 e. The van der Waals surface area contributed by atoms with E-state index < -0.39 is 0 Å². The molecule has 0 saturated carbocycles. The zero-order valence-electron chi connectivity index (χ0n) is 14.9. The van der Waals surface area contributed by atoms with Crippen LogP contribution < -0.4 is 5.43 Å². The lowest BCUT2D eigenvalue weighted by Crippen LogP contribution is -2.34. The molecule has 0 spiro atoms. The van der Waals surface area contributed by atoms with Gasteiger partial charge in [-0.1, -0.05) is 61.2 Å². The maximum Gasteiger partial charge on any atom is 0.147 e. The molecule has 0 fully saturated rings. The molecule has 3 aromatic rings. The summed E-state index contributed by atoms with van der Waals surface area (Å²) in [4.78, 5) is 4.94. The summed E-state index contributed by atoms with van der Waals surface area (Å²) < 4.78 is 6.02. The summed E-state index contributed by atoms with van der Waals surface area (Å²) in [7, 11) is 2.00. The number of rotatable bonds is 4. The van der Waals surface area contributed by atoms with Crippen LogP contribution in [0.5, 0.6) is 0 Å². The number of allylic oxidation sites excluding steroid dienone is 3. The van der Waals surface area contributed by atoms with Crippen LogP contribution >= 0.6 is 0 Å². The van der Waals surface area contributed by atoms with Crippen molar-refractivity contribution in [3.8, 4) is 0 Å². The topological polar surface area (TPSA) is 40.8 Å². The first-order valence-corrected chi connectivity index (χ1v) is 8.66. The first-order chi connectivity index (χ1) is 12.7. The molecule has 130 valence electrons. The molecule has 1 aliphatic rings. The van der Waals surface area contributed by atoms with Crippen LogP contribution in [-0.2, 0) is 0 Å². The molecule has 2 heterocycles. The number of nitrogens with zero attached hydrogens (tertiary/aromatic N) is 2. The second kappa shape index (κ2) is 6.65. The monoisotopic (exact) mass is 343 g/mol. The summed E-state index contributed by atoms with van der Waals surface area (Å²) in [5.41, 5.74) is 7.27. The summed E-state index contributed by atoms with van der Waals surface area (Å²) >= 11 is 0. The van der Waals surface area contributed by atoms with E-state index in [0.717, 1.165) is 38.9 Å². The van der Waals surface area contributed by atoms with Crippen LogP contribution in [0.1, 0.15) is 18.7 Å². The number of benzene rings is 2. The van der Waals surface area contributed by atoms with Crippen molar-refractivity contribution in [2.45, 2.75) is 13.1 Å². The van der Waals surface area contributed by atoms with Gasteiger partial charge in [0, 0.05) is 29.0 Å². The molecule has 26 heavy (non-hydrogen) atoms. The normalized spacial score (nSPS) is 18.6. The Labute approximate surface area is 152 Å². The summed E-state index contributed by atoms with van der Waals surface area (Å²) in [6.07, 6.45) is 7.62. The van der Waals surface area contributed by atoms with E-state index in [-0.39, 0.29) is 6.17 Å². The highest BCUT2D eigenvalue weighted by Gasteiger charge is 2.28. The van der Waals surface area contributed by atoms with Gasteiger partial charge < -0.3 is 9.84 Å². The quantitative estimate of drug-likeness (QED) is 0.668. The Bertz CT molecular complexity index is 1070. The Morgan fingerprint density at radius 3 is 2.81 bits per heavy atom. The van der Waals surface area contributed by atoms with Crippen LogP contribution in [0.3, 0.4) is 0 Å². The molecule has 1 aromatic heterocycles. The average Bonchev–Trinajstić information content (AvgIpc) is 3.22. The highest BCUT2D eigenvalue weighted by atomic mass is 16.3. The lowest BCUT2D eigenvalue weighted by molar-refractivity contribution is 0.244. The molecule has 4 rings (SSSR count). The maximum atomic E-state index is 6.02. The number of hydrazine groups is 1. The predicted octanol–water partition coefficient (Wildman–Crippen LogP) is 5.12. The van der Waals surface area contributed by atoms with Gasteiger partial charge in [0.1, 0.15) is 23.2 Å². The van der Waals surface area contributed by atoms with E-state index in [4.69, 9.17) is 9.41 Å². The van der Waals surface area contributed by atoms with Crippen molar-refractivity contribution in [1.82, 2.24) is 10.4 Å². The number of furan rings is 1. The molecule has 0 bridgehead atoms. The molecular formula is C22H21N3O. The lowest BCUT2D eigenvalue weighted by atomic mass is 10.0. The van der Waals surface area contributed by atoms with Crippen molar-refractivity contribution < 1.29 is 4.42 Å². The van der Waals surface area contributed by atoms with Crippen molar-refractivity contribution in [2.75, 3.05) is 7.05 Å². The Hall–Kier alpha value is -3.11. The number of hydrogen-bond acceptors (Lipinski definition) is 4. The fraction of sp³-hybridized carbons (Fsp3) is 0.136. The van der Waals surface area contributed by atoms with E-state index in [1.54, 1.807) is 6.08 Å². The SMILES string of the molecule is C=C/C=C(\C=C/C)C1=NC(c2cccc3oc4ccccc4c23)N(C)N1. The first-order valence-electron chi connectivity index (χ1n) is 8.66. The van der Waals surface area contributed by atoms with Crippen LogP contribution in [0.15, 0.2) is 88.3 Å². The molecule has 0 saturated heterocycles. The van der Waals surface area contributed by atoms with Crippen LogP contribution in [0.25, 0.3) is 21.9 Å². The van der Waals surface area contributed by atoms with Crippen LogP contribution in [0.2, 0.25) is 0 Å². The second-order valence-corrected chi connectivity index (χ2v) is 6.25. The second-order valence-electron chi connectivity index (χ2n) is 6.25. The minimum Gasteiger partial charge on any atom is -0.456 e. The Kier molecular flexibility index (Phi) is 4.19. The molecule has 0 radical (unpaired) electrons. The zero-order valence-corrected chi connectivity index (χ0v) is 14.9. The number of nitrogens with one attached hydrogen (secondary N) is 1. The summed E-state index contributed by atoms with van der Waals surface area (Å²) in [5.74, 6) is 0.834. The minimum absolute atomic E-state index is 0.131. The molecule has 1 N–H and O–H groups in total. The number of fused-ring (bicyclic) bond motifs is 3. The minimum atomic E-state index is -0.131. The Morgan fingerprint density at radius 1 is 1.19 bits per heavy atom. The van der Waals surface area contributed by atoms with Gasteiger partial charge in [-0.15, -0.1) is 0 Å². The van der Waals surface area contributed by atoms with Crippen molar-refractivity contribution in [3.05, 3.63) is 84.5 Å². The summed E-state index contributed by atoms with van der Waals surface area (Å²) in [6.45, 7) is 5.79. The summed E-state index contributed by atoms with van der Waals surface area (Å²) in [5, 5.41) is 4.25. The molecule has 0 amide bonds. The number of para-hydroxylation sites is 1. The highest BCUT2D eigenvalue weighted by Crippen LogP contribution is 2.37. The molecule has 0 aliphatic carbocycles. The third-order valence-electron chi connectivity index (χ3n) is 4.53. The Morgan fingerprint density at radius 2 is 2.00 bits per heavy atom. The Balaban J connectivity index is 1.87. The number of aliphatic imine (C=N–C) groups is 1. The van der Waals surface area contributed by atoms with E-state index in [1.807, 2.05) is 67.5 Å². The standard InChI is InChI=1S/C22H21N3O/c1-4-9-15(10-5-2)21-23-22(25(3)24-21)17-12-8-14-19-20(17)16-11-6-7-13-18(16)26-19/h4-14,22H,1H2,2-3H3,(H,23,24)/b10-5-,15-9+. The van der Waals surface area contributed by atoms with Gasteiger partial charge in [-0.3, -0.25) is 0 Å². The van der Waals surface area contributed by atoms with Crippen molar-refractivity contribution in [1.29, 1.82) is 0 Å². The van der Waals surface area contributed by atoms with Crippen molar-refractivity contribution in [3.63, 3.8) is 0 Å². The van der Waals surface area contributed by atoms with E-state index in [9.17, 15) is 0 Å². The van der Waals surface area contributed by atoms with Gasteiger partial charge in [0.15, 0.2) is 0 Å². The maximum absolute atomic E-state index is 6.02. The fourth-order valence-electron chi connectivity index (χ4n) is 3.42. The van der Waals surface area contributed by atoms with E-state index in [0.29, 0.717) is 0 Å². The van der Waals surface area contributed by atoms with E-state index >= 15 is 0 Å². The van der Waals surface area contributed by atoms with Crippen LogP contribution in [0.4, 0.5) is 0 Å². The largest absolute Gasteiger partial charge is 0.456 e. The van der Waals surface area contributed by atoms with Gasteiger partial charge in [-0.05, 0) is 19.1 Å². The number of hydrogen-bond donors (Lipinski definition) is 1. The molecule has 4 nitrogen and oxygen atoms in total. The molecule has 4 heteroatoms. The molecule has 1 aliphatic heterocycles. The molecule has 2 aromatic carbocycles. The molecule has 1 atom stereocenters. The third kappa shape index (κ3) is 2.65. The van der Waals surface area contributed by atoms with Gasteiger partial charge in [0.05, 0.1) is 0 Å². The van der Waals surface area contributed by atoms with E-state index in [2.05, 4.69) is 24.1 Å². The van der Waals surface area contributed by atoms with Gasteiger partial charge in [0.2, 0.25) is 0 Å². The molecule has 1 unspecified atom stereocenters. The fourth-order valence-corrected chi connectivity index (χ4v) is 3.42. The predicted molar refractivity (Wildman–Crippen MR) is 108 cm³/mol. The van der Waals surface area contributed by atoms with Gasteiger partial charge in [-0.2, -0.15) is 5.01 Å². The van der Waals surface area contributed by atoms with E-state index in [1.165, 1.54) is 0 Å². The van der Waals surface area contributed by atoms with Crippen molar-refractivity contribution in [2.24, 2.45) is 4.99 Å². The van der Waals surface area contributed by atoms with Gasteiger partial charge in [-0.25, -0.2) is 4.99 Å². The third-order valence-corrected chi connectivity index (χ3v) is 4.53. The summed E-state index contributed by atoms with van der Waals surface area (Å²) in [6, 6.07) is 14.3. The lowest BCUT2D eigenvalue weighted by Gasteiger charge is -2.18. The van der Waals surface area contributed by atoms with Gasteiger partial charge >= 0.3 is 0 Å². The van der Waals surface area contributed by atoms with Crippen LogP contribution in [-0.4, -0.2) is 17.9 Å². The van der Waals surface area contributed by atoms with Crippen molar-refractivity contribution >= 4 is 27.8 Å². The van der Waals surface area contributed by atoms with Crippen LogP contribution in [0, 0.1) is 0 Å². The average molecular weight is 343 g/mol. The van der Waals surface area contributed by atoms with Gasteiger partial charge in [0.25, 0.3) is 0 Å². The first kappa shape index (κ1) is 16.4. The molecular weight excluding hydrogens is 322 g/mol. The zero-order chi connectivity index (χ0) is 18.1. The number of amidine groups is 1.